The molecule has 0 aromatic carbocycles. The molecule has 0 radical (unpaired) electrons. The highest BCUT2D eigenvalue weighted by molar-refractivity contribution is 7.07. The first-order chi connectivity index (χ1) is 15.0. The Balaban J connectivity index is 1.43. The van der Waals surface area contributed by atoms with E-state index in [9.17, 15) is 9.59 Å². The number of rotatable bonds is 5. The number of thiophene rings is 1. The number of imidazole rings is 1. The summed E-state index contributed by atoms with van der Waals surface area (Å²) in [7, 11) is 2.04. The van der Waals surface area contributed by atoms with Gasteiger partial charge >= 0.3 is 0 Å². The molecule has 0 unspecified atom stereocenters. The summed E-state index contributed by atoms with van der Waals surface area (Å²) in [6.45, 7) is 4.96. The Kier molecular flexibility index (Phi) is 5.27. The van der Waals surface area contributed by atoms with Crippen molar-refractivity contribution in [1.82, 2.24) is 24.3 Å². The van der Waals surface area contributed by atoms with Gasteiger partial charge in [0, 0.05) is 63.0 Å². The number of hydrogen-bond acceptors (Lipinski definition) is 5. The van der Waals surface area contributed by atoms with Crippen molar-refractivity contribution in [3.05, 3.63) is 74.4 Å². The van der Waals surface area contributed by atoms with Gasteiger partial charge in [0.1, 0.15) is 11.9 Å². The van der Waals surface area contributed by atoms with Crippen LogP contribution in [-0.4, -0.2) is 38.0 Å². The number of fused-ring (bicyclic) bond motifs is 4. The van der Waals surface area contributed by atoms with Gasteiger partial charge in [-0.1, -0.05) is 6.07 Å². The molecule has 1 N–H and O–H groups in total. The van der Waals surface area contributed by atoms with Crippen molar-refractivity contribution in [3.8, 4) is 0 Å². The molecule has 1 fully saturated rings. The summed E-state index contributed by atoms with van der Waals surface area (Å²) in [5, 5.41) is 7.12. The van der Waals surface area contributed by atoms with Crippen LogP contribution in [0.3, 0.4) is 0 Å². The SMILES string of the molecule is Cc1ncc(CN2C[C@H]3C[C@@H](C2)[C@H](C(=O)NCc2ccsc2)n2c3cccc2=O)n1C. The smallest absolute Gasteiger partial charge is 0.251 e. The molecule has 3 aromatic rings. The third kappa shape index (κ3) is 3.74. The van der Waals surface area contributed by atoms with Gasteiger partial charge in [-0.15, -0.1) is 0 Å². The zero-order valence-electron chi connectivity index (χ0n) is 17.8. The maximum Gasteiger partial charge on any atom is 0.251 e. The highest BCUT2D eigenvalue weighted by atomic mass is 32.1. The monoisotopic (exact) mass is 437 g/mol. The van der Waals surface area contributed by atoms with Crippen LogP contribution in [-0.2, 0) is 24.9 Å². The zero-order chi connectivity index (χ0) is 21.5. The Morgan fingerprint density at radius 3 is 2.90 bits per heavy atom. The second-order valence-electron chi connectivity index (χ2n) is 8.70. The van der Waals surface area contributed by atoms with Crippen LogP contribution in [0.1, 0.15) is 41.2 Å². The van der Waals surface area contributed by atoms with Crippen LogP contribution >= 0.6 is 11.3 Å². The minimum Gasteiger partial charge on any atom is -0.350 e. The van der Waals surface area contributed by atoms with Crippen molar-refractivity contribution in [2.75, 3.05) is 13.1 Å². The Morgan fingerprint density at radius 2 is 2.16 bits per heavy atom. The number of nitrogens with zero attached hydrogens (tertiary/aromatic N) is 4. The summed E-state index contributed by atoms with van der Waals surface area (Å²) in [6.07, 6.45) is 2.87. The molecule has 5 heterocycles. The van der Waals surface area contributed by atoms with Gasteiger partial charge < -0.3 is 9.88 Å². The molecular weight excluding hydrogens is 410 g/mol. The van der Waals surface area contributed by atoms with Gasteiger partial charge in [0.05, 0.1) is 5.69 Å². The largest absolute Gasteiger partial charge is 0.350 e. The summed E-state index contributed by atoms with van der Waals surface area (Å²) in [6, 6.07) is 6.94. The lowest BCUT2D eigenvalue weighted by Gasteiger charge is -2.46. The number of aromatic nitrogens is 3. The maximum atomic E-state index is 13.3. The Labute approximate surface area is 185 Å². The Bertz CT molecular complexity index is 1150. The fourth-order valence-corrected chi connectivity index (χ4v) is 5.77. The number of amides is 1. The van der Waals surface area contributed by atoms with E-state index in [1.807, 2.05) is 49.1 Å². The molecule has 2 aliphatic heterocycles. The molecule has 0 spiro atoms. The number of hydrogen-bond donors (Lipinski definition) is 1. The second-order valence-corrected chi connectivity index (χ2v) is 9.48. The van der Waals surface area contributed by atoms with E-state index in [4.69, 9.17) is 0 Å². The van der Waals surface area contributed by atoms with Crippen molar-refractivity contribution >= 4 is 17.2 Å². The van der Waals surface area contributed by atoms with Crippen LogP contribution in [0, 0.1) is 12.8 Å². The molecule has 3 aromatic heterocycles. The number of carbonyl (C=O) groups excluding carboxylic acids is 1. The molecule has 1 amide bonds. The molecule has 31 heavy (non-hydrogen) atoms. The summed E-state index contributed by atoms with van der Waals surface area (Å²) in [4.78, 5) is 33.0. The summed E-state index contributed by atoms with van der Waals surface area (Å²) < 4.78 is 3.88. The molecule has 0 aliphatic carbocycles. The molecule has 5 rings (SSSR count). The van der Waals surface area contributed by atoms with Crippen LogP contribution in [0.4, 0.5) is 0 Å². The topological polar surface area (TPSA) is 72.2 Å². The molecule has 8 heteroatoms. The Morgan fingerprint density at radius 1 is 1.29 bits per heavy atom. The summed E-state index contributed by atoms with van der Waals surface area (Å²) in [5.41, 5.74) is 3.15. The van der Waals surface area contributed by atoms with Crippen molar-refractivity contribution in [2.45, 2.75) is 38.4 Å². The molecule has 1 saturated heterocycles. The van der Waals surface area contributed by atoms with E-state index in [0.29, 0.717) is 6.54 Å². The van der Waals surface area contributed by atoms with Gasteiger partial charge in [-0.05, 0) is 41.8 Å². The number of nitrogens with one attached hydrogen (secondary N) is 1. The van der Waals surface area contributed by atoms with E-state index in [1.54, 1.807) is 22.0 Å². The van der Waals surface area contributed by atoms with Gasteiger partial charge in [-0.25, -0.2) is 4.98 Å². The van der Waals surface area contributed by atoms with Crippen LogP contribution < -0.4 is 10.9 Å². The lowest BCUT2D eigenvalue weighted by Crippen LogP contribution is -2.53. The van der Waals surface area contributed by atoms with E-state index in [0.717, 1.165) is 43.1 Å². The predicted molar refractivity (Wildman–Crippen MR) is 120 cm³/mol. The fraction of sp³-hybridized carbons (Fsp3) is 0.435. The van der Waals surface area contributed by atoms with Gasteiger partial charge in [0.2, 0.25) is 5.91 Å². The first-order valence-electron chi connectivity index (χ1n) is 10.7. The highest BCUT2D eigenvalue weighted by Crippen LogP contribution is 2.41. The van der Waals surface area contributed by atoms with E-state index >= 15 is 0 Å². The van der Waals surface area contributed by atoms with Crippen LogP contribution in [0.15, 0.2) is 46.0 Å². The summed E-state index contributed by atoms with van der Waals surface area (Å²) >= 11 is 1.62. The fourth-order valence-electron chi connectivity index (χ4n) is 5.11. The molecule has 2 aliphatic rings. The number of carbonyl (C=O) groups is 1. The number of piperidine rings is 1. The standard InChI is InChI=1S/C23H27N5O2S/c1-15-24-10-19(26(15)2)13-27-11-17-8-18(12-27)22(28-20(17)4-3-5-21(28)29)23(30)25-9-16-6-7-31-14-16/h3-7,10,14,17-18,22H,8-9,11-13H2,1-2H3,(H,25,30)/t17-,18+,22-/m1/s1. The molecule has 0 saturated carbocycles. The van der Waals surface area contributed by atoms with Crippen LogP contribution in [0.25, 0.3) is 0 Å². The molecular formula is C23H27N5O2S. The molecule has 162 valence electrons. The van der Waals surface area contributed by atoms with Crippen LogP contribution in [0.5, 0.6) is 0 Å². The first kappa shape index (κ1) is 20.2. The molecule has 3 atom stereocenters. The van der Waals surface area contributed by atoms with E-state index in [2.05, 4.69) is 19.8 Å². The third-order valence-corrected chi connectivity index (χ3v) is 7.47. The zero-order valence-corrected chi connectivity index (χ0v) is 18.6. The first-order valence-corrected chi connectivity index (χ1v) is 11.7. The molecule has 2 bridgehead atoms. The average Bonchev–Trinajstić information content (AvgIpc) is 3.39. The lowest BCUT2D eigenvalue weighted by molar-refractivity contribution is -0.128. The minimum atomic E-state index is -0.477. The minimum absolute atomic E-state index is 0.0672. The number of likely N-dealkylation sites (tertiary alicyclic amines) is 1. The normalized spacial score (nSPS) is 22.8. The third-order valence-electron chi connectivity index (χ3n) is 6.74. The lowest BCUT2D eigenvalue weighted by atomic mass is 9.78. The number of aryl methyl sites for hydroxylation is 1. The Hall–Kier alpha value is -2.71. The van der Waals surface area contributed by atoms with Crippen molar-refractivity contribution in [2.24, 2.45) is 13.0 Å². The van der Waals surface area contributed by atoms with E-state index in [-0.39, 0.29) is 23.3 Å². The van der Waals surface area contributed by atoms with Crippen molar-refractivity contribution in [3.63, 3.8) is 0 Å². The van der Waals surface area contributed by atoms with Crippen molar-refractivity contribution in [1.29, 1.82) is 0 Å². The maximum absolute atomic E-state index is 13.3. The molecule has 7 nitrogen and oxygen atoms in total. The highest BCUT2D eigenvalue weighted by Gasteiger charge is 2.43. The van der Waals surface area contributed by atoms with Gasteiger partial charge in [0.15, 0.2) is 0 Å². The number of pyridine rings is 1. The average molecular weight is 438 g/mol. The van der Waals surface area contributed by atoms with E-state index < -0.39 is 6.04 Å². The van der Waals surface area contributed by atoms with E-state index in [1.165, 1.54) is 5.69 Å². The predicted octanol–water partition coefficient (Wildman–Crippen LogP) is 2.43. The quantitative estimate of drug-likeness (QED) is 0.666. The summed E-state index contributed by atoms with van der Waals surface area (Å²) in [5.74, 6) is 1.28. The second kappa shape index (κ2) is 8.09. The van der Waals surface area contributed by atoms with Crippen molar-refractivity contribution < 1.29 is 4.79 Å². The van der Waals surface area contributed by atoms with Gasteiger partial charge in [0.25, 0.3) is 5.56 Å². The van der Waals surface area contributed by atoms with Gasteiger partial charge in [-0.3, -0.25) is 19.1 Å². The van der Waals surface area contributed by atoms with Crippen LogP contribution in [0.2, 0.25) is 0 Å². The van der Waals surface area contributed by atoms with Gasteiger partial charge in [-0.2, -0.15) is 11.3 Å².